The van der Waals surface area contributed by atoms with Crippen LogP contribution in [0.25, 0.3) is 0 Å². The van der Waals surface area contributed by atoms with Gasteiger partial charge in [0.05, 0.1) is 11.7 Å². The number of nitrogens with one attached hydrogen (secondary N) is 1. The normalized spacial score (nSPS) is 12.3. The molecule has 0 bridgehead atoms. The molecule has 0 aliphatic rings. The number of rotatable bonds is 4. The lowest BCUT2D eigenvalue weighted by atomic mass is 10.0. The van der Waals surface area contributed by atoms with Crippen molar-refractivity contribution in [3.8, 4) is 0 Å². The van der Waals surface area contributed by atoms with Gasteiger partial charge in [-0.2, -0.15) is 0 Å². The van der Waals surface area contributed by atoms with E-state index in [2.05, 4.69) is 10.3 Å². The first-order chi connectivity index (χ1) is 9.58. The SMILES string of the molecule is Cc1ccc(C(N)C(=O)NC(C)c2ccccn2)cc1.Cl.Cl. The topological polar surface area (TPSA) is 68.0 Å². The maximum Gasteiger partial charge on any atom is 0.242 e. The van der Waals surface area contributed by atoms with Crippen molar-refractivity contribution in [3.05, 3.63) is 65.5 Å². The third-order valence-corrected chi connectivity index (χ3v) is 3.21. The highest BCUT2D eigenvalue weighted by atomic mass is 35.5. The van der Waals surface area contributed by atoms with E-state index in [1.165, 1.54) is 0 Å². The predicted octanol–water partition coefficient (Wildman–Crippen LogP) is 3.11. The molecule has 3 N–H and O–H groups in total. The van der Waals surface area contributed by atoms with Crippen LogP contribution in [0.3, 0.4) is 0 Å². The van der Waals surface area contributed by atoms with Gasteiger partial charge in [0, 0.05) is 6.20 Å². The number of carbonyl (C=O) groups excluding carboxylic acids is 1. The van der Waals surface area contributed by atoms with Crippen molar-refractivity contribution in [1.82, 2.24) is 10.3 Å². The summed E-state index contributed by atoms with van der Waals surface area (Å²) in [5, 5.41) is 2.88. The van der Waals surface area contributed by atoms with Gasteiger partial charge in [0.25, 0.3) is 0 Å². The number of amides is 1. The van der Waals surface area contributed by atoms with Crippen LogP contribution < -0.4 is 11.1 Å². The second kappa shape index (κ2) is 9.41. The number of nitrogens with zero attached hydrogens (tertiary/aromatic N) is 1. The van der Waals surface area contributed by atoms with E-state index in [0.29, 0.717) is 0 Å². The molecule has 2 unspecified atom stereocenters. The highest BCUT2D eigenvalue weighted by molar-refractivity contribution is 5.85. The van der Waals surface area contributed by atoms with Gasteiger partial charge in [0.2, 0.25) is 5.91 Å². The lowest BCUT2D eigenvalue weighted by molar-refractivity contribution is -0.123. The van der Waals surface area contributed by atoms with Crippen molar-refractivity contribution in [3.63, 3.8) is 0 Å². The number of hydrogen-bond acceptors (Lipinski definition) is 3. The fraction of sp³-hybridized carbons (Fsp3) is 0.250. The minimum absolute atomic E-state index is 0. The second-order valence-electron chi connectivity index (χ2n) is 4.87. The lowest BCUT2D eigenvalue weighted by Gasteiger charge is -2.17. The maximum atomic E-state index is 12.1. The zero-order valence-corrected chi connectivity index (χ0v) is 14.2. The van der Waals surface area contributed by atoms with Crippen LogP contribution in [0.4, 0.5) is 0 Å². The summed E-state index contributed by atoms with van der Waals surface area (Å²) in [6.07, 6.45) is 1.71. The number of carbonyl (C=O) groups is 1. The molecule has 2 atom stereocenters. The van der Waals surface area contributed by atoms with Gasteiger partial charge in [0.1, 0.15) is 6.04 Å². The number of aryl methyl sites for hydroxylation is 1. The Bertz CT molecular complexity index is 576. The van der Waals surface area contributed by atoms with Crippen molar-refractivity contribution >= 4 is 30.7 Å². The van der Waals surface area contributed by atoms with Gasteiger partial charge in [-0.15, -0.1) is 24.8 Å². The molecule has 120 valence electrons. The Hall–Kier alpha value is -1.62. The van der Waals surface area contributed by atoms with E-state index in [9.17, 15) is 4.79 Å². The zero-order chi connectivity index (χ0) is 14.5. The minimum atomic E-state index is -0.665. The van der Waals surface area contributed by atoms with E-state index in [0.717, 1.165) is 16.8 Å². The molecule has 2 rings (SSSR count). The Labute approximate surface area is 143 Å². The number of pyridine rings is 1. The third-order valence-electron chi connectivity index (χ3n) is 3.21. The van der Waals surface area contributed by atoms with Gasteiger partial charge >= 0.3 is 0 Å². The second-order valence-corrected chi connectivity index (χ2v) is 4.87. The molecule has 0 saturated heterocycles. The van der Waals surface area contributed by atoms with Gasteiger partial charge in [0.15, 0.2) is 0 Å². The Morgan fingerprint density at radius 1 is 1.14 bits per heavy atom. The van der Waals surface area contributed by atoms with E-state index < -0.39 is 6.04 Å². The van der Waals surface area contributed by atoms with Gasteiger partial charge in [-0.05, 0) is 31.5 Å². The molecule has 4 nitrogen and oxygen atoms in total. The number of hydrogen-bond donors (Lipinski definition) is 2. The van der Waals surface area contributed by atoms with Gasteiger partial charge in [-0.1, -0.05) is 35.9 Å². The molecule has 1 aromatic carbocycles. The molecule has 0 saturated carbocycles. The molecular formula is C16H21Cl2N3O. The Balaban J connectivity index is 0.00000220. The zero-order valence-electron chi connectivity index (χ0n) is 12.5. The average molecular weight is 342 g/mol. The lowest BCUT2D eigenvalue weighted by Crippen LogP contribution is -2.35. The van der Waals surface area contributed by atoms with Crippen LogP contribution in [0.2, 0.25) is 0 Å². The predicted molar refractivity (Wildman–Crippen MR) is 93.4 cm³/mol. The van der Waals surface area contributed by atoms with Crippen LogP contribution in [-0.4, -0.2) is 10.9 Å². The van der Waals surface area contributed by atoms with Crippen molar-refractivity contribution in [2.24, 2.45) is 5.73 Å². The van der Waals surface area contributed by atoms with Gasteiger partial charge in [-0.3, -0.25) is 9.78 Å². The summed E-state index contributed by atoms with van der Waals surface area (Å²) in [6.45, 7) is 3.89. The largest absolute Gasteiger partial charge is 0.346 e. The molecule has 0 aliphatic heterocycles. The van der Waals surface area contributed by atoms with Gasteiger partial charge < -0.3 is 11.1 Å². The molecule has 1 heterocycles. The smallest absolute Gasteiger partial charge is 0.242 e. The quantitative estimate of drug-likeness (QED) is 0.897. The summed E-state index contributed by atoms with van der Waals surface area (Å²) in [6, 6.07) is 12.4. The van der Waals surface area contributed by atoms with E-state index in [4.69, 9.17) is 5.73 Å². The van der Waals surface area contributed by atoms with Crippen molar-refractivity contribution in [2.75, 3.05) is 0 Å². The van der Waals surface area contributed by atoms with Crippen LogP contribution in [0.5, 0.6) is 0 Å². The van der Waals surface area contributed by atoms with Crippen molar-refractivity contribution in [1.29, 1.82) is 0 Å². The van der Waals surface area contributed by atoms with Crippen LogP contribution >= 0.6 is 24.8 Å². The molecule has 1 aromatic heterocycles. The van der Waals surface area contributed by atoms with Gasteiger partial charge in [-0.25, -0.2) is 0 Å². The monoisotopic (exact) mass is 341 g/mol. The number of benzene rings is 1. The molecule has 1 amide bonds. The molecule has 0 radical (unpaired) electrons. The summed E-state index contributed by atoms with van der Waals surface area (Å²) in [5.41, 5.74) is 8.75. The summed E-state index contributed by atoms with van der Waals surface area (Å²) in [4.78, 5) is 16.4. The molecule has 6 heteroatoms. The first-order valence-corrected chi connectivity index (χ1v) is 6.61. The molecule has 2 aromatic rings. The first kappa shape index (κ1) is 20.4. The average Bonchev–Trinajstić information content (AvgIpc) is 2.48. The Morgan fingerprint density at radius 3 is 2.32 bits per heavy atom. The fourth-order valence-electron chi connectivity index (χ4n) is 1.93. The third kappa shape index (κ3) is 5.30. The maximum absolute atomic E-state index is 12.1. The van der Waals surface area contributed by atoms with E-state index in [1.807, 2.05) is 56.3 Å². The highest BCUT2D eigenvalue weighted by Gasteiger charge is 2.18. The fourth-order valence-corrected chi connectivity index (χ4v) is 1.93. The van der Waals surface area contributed by atoms with Crippen molar-refractivity contribution in [2.45, 2.75) is 25.9 Å². The summed E-state index contributed by atoms with van der Waals surface area (Å²) >= 11 is 0. The van der Waals surface area contributed by atoms with E-state index >= 15 is 0 Å². The van der Waals surface area contributed by atoms with E-state index in [1.54, 1.807) is 6.20 Å². The van der Waals surface area contributed by atoms with Crippen LogP contribution in [0.15, 0.2) is 48.7 Å². The molecule has 0 fully saturated rings. The van der Waals surface area contributed by atoms with E-state index in [-0.39, 0.29) is 36.8 Å². The Morgan fingerprint density at radius 2 is 1.77 bits per heavy atom. The summed E-state index contributed by atoms with van der Waals surface area (Å²) in [5.74, 6) is -0.202. The summed E-state index contributed by atoms with van der Waals surface area (Å²) in [7, 11) is 0. The molecule has 0 spiro atoms. The molecular weight excluding hydrogens is 321 g/mol. The van der Waals surface area contributed by atoms with Crippen LogP contribution in [0.1, 0.15) is 35.8 Å². The first-order valence-electron chi connectivity index (χ1n) is 6.61. The Kier molecular flexibility index (Phi) is 8.72. The number of nitrogens with two attached hydrogens (primary N) is 1. The summed E-state index contributed by atoms with van der Waals surface area (Å²) < 4.78 is 0. The van der Waals surface area contributed by atoms with Crippen LogP contribution in [0, 0.1) is 6.92 Å². The number of aromatic nitrogens is 1. The minimum Gasteiger partial charge on any atom is -0.346 e. The van der Waals surface area contributed by atoms with Crippen molar-refractivity contribution < 1.29 is 4.79 Å². The van der Waals surface area contributed by atoms with Crippen LogP contribution in [-0.2, 0) is 4.79 Å². The molecule has 0 aliphatic carbocycles. The standard InChI is InChI=1S/C16H19N3O.2ClH/c1-11-6-8-13(9-7-11)15(17)16(20)19-12(2)14-5-3-4-10-18-14;;/h3-10,12,15H,17H2,1-2H3,(H,19,20);2*1H. The molecule has 22 heavy (non-hydrogen) atoms. The number of halogens is 2. The highest BCUT2D eigenvalue weighted by Crippen LogP contribution is 2.14.